The van der Waals surface area contributed by atoms with Gasteiger partial charge in [0.05, 0.1) is 11.7 Å². The van der Waals surface area contributed by atoms with E-state index in [-0.39, 0.29) is 5.43 Å². The van der Waals surface area contributed by atoms with Gasteiger partial charge in [0, 0.05) is 5.69 Å². The average molecular weight is 313 g/mol. The third-order valence-corrected chi connectivity index (χ3v) is 5.58. The molecule has 0 unspecified atom stereocenters. The number of aromatic nitrogens is 3. The van der Waals surface area contributed by atoms with Gasteiger partial charge in [0.25, 0.3) is 0 Å². The summed E-state index contributed by atoms with van der Waals surface area (Å²) in [5.74, 6) is 0. The SMILES string of the molecule is CCCCc1nc2sc3nc[nH]c3c(=O)c2c2c1CCCC2. The summed E-state index contributed by atoms with van der Waals surface area (Å²) in [6, 6.07) is 0. The van der Waals surface area contributed by atoms with E-state index in [0.717, 1.165) is 40.7 Å². The molecule has 5 heteroatoms. The Hall–Kier alpha value is -1.75. The zero-order chi connectivity index (χ0) is 15.1. The highest BCUT2D eigenvalue weighted by Gasteiger charge is 2.21. The van der Waals surface area contributed by atoms with Crippen LogP contribution in [0.4, 0.5) is 0 Å². The third-order valence-electron chi connectivity index (χ3n) is 4.59. The highest BCUT2D eigenvalue weighted by atomic mass is 32.1. The van der Waals surface area contributed by atoms with Crippen molar-refractivity contribution in [3.63, 3.8) is 0 Å². The second-order valence-corrected chi connectivity index (χ2v) is 7.00. The van der Waals surface area contributed by atoms with Gasteiger partial charge < -0.3 is 4.98 Å². The number of pyridine rings is 1. The Kier molecular flexibility index (Phi) is 3.45. The van der Waals surface area contributed by atoms with Crippen LogP contribution < -0.4 is 5.43 Å². The second kappa shape index (κ2) is 5.47. The van der Waals surface area contributed by atoms with Gasteiger partial charge in [-0.05, 0) is 49.7 Å². The van der Waals surface area contributed by atoms with Gasteiger partial charge in [-0.3, -0.25) is 4.79 Å². The van der Waals surface area contributed by atoms with Gasteiger partial charge in [0.2, 0.25) is 5.43 Å². The summed E-state index contributed by atoms with van der Waals surface area (Å²) in [6.45, 7) is 2.21. The molecule has 114 valence electrons. The van der Waals surface area contributed by atoms with Crippen LogP contribution in [-0.2, 0) is 19.3 Å². The van der Waals surface area contributed by atoms with Crippen molar-refractivity contribution >= 4 is 31.9 Å². The lowest BCUT2D eigenvalue weighted by Crippen LogP contribution is -2.14. The fourth-order valence-electron chi connectivity index (χ4n) is 3.47. The molecule has 0 spiro atoms. The van der Waals surface area contributed by atoms with Crippen molar-refractivity contribution in [1.82, 2.24) is 15.0 Å². The number of unbranched alkanes of at least 4 members (excludes halogenated alkanes) is 1. The maximum atomic E-state index is 12.8. The fourth-order valence-corrected chi connectivity index (χ4v) is 4.49. The summed E-state index contributed by atoms with van der Waals surface area (Å²) >= 11 is 1.54. The molecule has 0 aromatic carbocycles. The summed E-state index contributed by atoms with van der Waals surface area (Å²) in [7, 11) is 0. The number of fused-ring (bicyclic) bond motifs is 4. The van der Waals surface area contributed by atoms with E-state index in [9.17, 15) is 4.79 Å². The lowest BCUT2D eigenvalue weighted by atomic mass is 9.88. The van der Waals surface area contributed by atoms with Crippen molar-refractivity contribution in [2.75, 3.05) is 0 Å². The Morgan fingerprint density at radius 3 is 2.86 bits per heavy atom. The first-order chi connectivity index (χ1) is 10.8. The van der Waals surface area contributed by atoms with Crippen molar-refractivity contribution in [3.8, 4) is 0 Å². The van der Waals surface area contributed by atoms with Crippen molar-refractivity contribution in [3.05, 3.63) is 33.4 Å². The maximum absolute atomic E-state index is 12.8. The number of rotatable bonds is 3. The molecule has 1 aliphatic rings. The molecule has 3 aromatic rings. The molecule has 1 aliphatic carbocycles. The first-order valence-corrected chi connectivity index (χ1v) is 8.91. The molecule has 22 heavy (non-hydrogen) atoms. The monoisotopic (exact) mass is 313 g/mol. The number of aromatic amines is 1. The summed E-state index contributed by atoms with van der Waals surface area (Å²) in [5, 5.41) is 0.844. The van der Waals surface area contributed by atoms with E-state index in [1.54, 1.807) is 6.33 Å². The molecule has 0 amide bonds. The highest BCUT2D eigenvalue weighted by Crippen LogP contribution is 2.32. The van der Waals surface area contributed by atoms with Gasteiger partial charge in [0.15, 0.2) is 0 Å². The van der Waals surface area contributed by atoms with Crippen LogP contribution in [0.25, 0.3) is 20.6 Å². The van der Waals surface area contributed by atoms with Gasteiger partial charge in [-0.25, -0.2) is 9.97 Å². The molecular weight excluding hydrogens is 294 g/mol. The summed E-state index contributed by atoms with van der Waals surface area (Å²) in [5.41, 5.74) is 4.55. The normalized spacial score (nSPS) is 14.6. The van der Waals surface area contributed by atoms with E-state index >= 15 is 0 Å². The summed E-state index contributed by atoms with van der Waals surface area (Å²) < 4.78 is 0. The predicted octanol–water partition coefficient (Wildman–Crippen LogP) is 3.75. The topological polar surface area (TPSA) is 58.6 Å². The summed E-state index contributed by atoms with van der Waals surface area (Å²) in [6.07, 6.45) is 9.42. The van der Waals surface area contributed by atoms with Gasteiger partial charge in [-0.15, -0.1) is 0 Å². The molecule has 0 bridgehead atoms. The molecule has 3 heterocycles. The molecule has 0 aliphatic heterocycles. The summed E-state index contributed by atoms with van der Waals surface area (Å²) in [4.78, 5) is 26.6. The van der Waals surface area contributed by atoms with Crippen molar-refractivity contribution < 1.29 is 0 Å². The number of aryl methyl sites for hydroxylation is 2. The number of hydrogen-bond acceptors (Lipinski definition) is 4. The molecular formula is C17H19N3OS. The van der Waals surface area contributed by atoms with Crippen LogP contribution in [0.3, 0.4) is 0 Å². The van der Waals surface area contributed by atoms with E-state index < -0.39 is 0 Å². The van der Waals surface area contributed by atoms with Gasteiger partial charge in [0.1, 0.15) is 15.2 Å². The predicted molar refractivity (Wildman–Crippen MR) is 90.8 cm³/mol. The first kappa shape index (κ1) is 13.9. The minimum absolute atomic E-state index is 0.0777. The van der Waals surface area contributed by atoms with Gasteiger partial charge in [-0.1, -0.05) is 24.7 Å². The van der Waals surface area contributed by atoms with Crippen LogP contribution in [0.1, 0.15) is 49.4 Å². The average Bonchev–Trinajstić information content (AvgIpc) is 3.01. The molecule has 4 nitrogen and oxygen atoms in total. The van der Waals surface area contributed by atoms with Crippen LogP contribution in [-0.4, -0.2) is 15.0 Å². The Labute approximate surface area is 132 Å². The van der Waals surface area contributed by atoms with Gasteiger partial charge in [-0.2, -0.15) is 0 Å². The Bertz CT molecular complexity index is 910. The molecule has 0 radical (unpaired) electrons. The number of hydrogen-bond donors (Lipinski definition) is 1. The van der Waals surface area contributed by atoms with Crippen LogP contribution in [0.2, 0.25) is 0 Å². The van der Waals surface area contributed by atoms with Crippen molar-refractivity contribution in [2.45, 2.75) is 51.9 Å². The fraction of sp³-hybridized carbons (Fsp3) is 0.471. The van der Waals surface area contributed by atoms with E-state index in [1.165, 1.54) is 47.4 Å². The molecule has 0 fully saturated rings. The highest BCUT2D eigenvalue weighted by molar-refractivity contribution is 7.23. The Morgan fingerprint density at radius 1 is 1.23 bits per heavy atom. The lowest BCUT2D eigenvalue weighted by molar-refractivity contribution is 0.669. The molecule has 3 aromatic heterocycles. The number of imidazole rings is 1. The van der Waals surface area contributed by atoms with Gasteiger partial charge >= 0.3 is 0 Å². The number of nitrogens with zero attached hydrogens (tertiary/aromatic N) is 2. The van der Waals surface area contributed by atoms with Crippen LogP contribution in [0.15, 0.2) is 11.1 Å². The van der Waals surface area contributed by atoms with E-state index in [0.29, 0.717) is 5.52 Å². The maximum Gasteiger partial charge on any atom is 0.215 e. The quantitative estimate of drug-likeness (QED) is 0.801. The van der Waals surface area contributed by atoms with Crippen LogP contribution in [0.5, 0.6) is 0 Å². The zero-order valence-electron chi connectivity index (χ0n) is 12.7. The van der Waals surface area contributed by atoms with Crippen LogP contribution in [0, 0.1) is 0 Å². The minimum Gasteiger partial charge on any atom is -0.341 e. The van der Waals surface area contributed by atoms with E-state index in [1.807, 2.05) is 0 Å². The zero-order valence-corrected chi connectivity index (χ0v) is 13.6. The van der Waals surface area contributed by atoms with Crippen LogP contribution >= 0.6 is 11.3 Å². The number of H-pyrrole nitrogens is 1. The lowest BCUT2D eigenvalue weighted by Gasteiger charge is -2.20. The third kappa shape index (κ3) is 2.07. The Morgan fingerprint density at radius 2 is 2.05 bits per heavy atom. The smallest absolute Gasteiger partial charge is 0.215 e. The molecule has 0 saturated heterocycles. The molecule has 0 saturated carbocycles. The molecule has 4 rings (SSSR count). The van der Waals surface area contributed by atoms with E-state index in [2.05, 4.69) is 16.9 Å². The molecule has 1 N–H and O–H groups in total. The minimum atomic E-state index is 0.0777. The largest absolute Gasteiger partial charge is 0.341 e. The first-order valence-electron chi connectivity index (χ1n) is 8.10. The molecule has 0 atom stereocenters. The second-order valence-electron chi connectivity index (χ2n) is 6.02. The van der Waals surface area contributed by atoms with Crippen molar-refractivity contribution in [2.24, 2.45) is 0 Å². The van der Waals surface area contributed by atoms with E-state index in [4.69, 9.17) is 4.98 Å². The Balaban J connectivity index is 2.07. The number of nitrogens with one attached hydrogen (secondary N) is 1. The standard InChI is InChI=1S/C17H19N3OS/c1-2-3-8-12-10-6-4-5-7-11(10)13-15(21)14-17(19-9-18-14)22-16(13)20-12/h9H,2-8H2,1H3,(H,18,19). The van der Waals surface area contributed by atoms with Crippen molar-refractivity contribution in [1.29, 1.82) is 0 Å².